The topological polar surface area (TPSA) is 17.1 Å². The van der Waals surface area contributed by atoms with Gasteiger partial charge in [0.1, 0.15) is 17.0 Å². The van der Waals surface area contributed by atoms with E-state index in [0.717, 1.165) is 0 Å². The second-order valence-electron chi connectivity index (χ2n) is 2.78. The number of carbonyl (C=O) groups excluding carboxylic acids is 1. The van der Waals surface area contributed by atoms with Gasteiger partial charge in [-0.3, -0.25) is 4.79 Å². The van der Waals surface area contributed by atoms with Crippen LogP contribution in [0.5, 0.6) is 0 Å². The van der Waals surface area contributed by atoms with Crippen molar-refractivity contribution in [2.75, 3.05) is 0 Å². The molecule has 86 valence electrons. The van der Waals surface area contributed by atoms with Gasteiger partial charge in [0, 0.05) is 5.56 Å². The molecule has 0 bridgehead atoms. The fourth-order valence-corrected chi connectivity index (χ4v) is 1.66. The van der Waals surface area contributed by atoms with Crippen LogP contribution in [0.4, 0.5) is 23.8 Å². The first-order chi connectivity index (χ1) is 6.44. The van der Waals surface area contributed by atoms with Crippen molar-refractivity contribution >= 4 is 16.5 Å². The Morgan fingerprint density at radius 2 is 1.60 bits per heavy atom. The molecule has 0 saturated carbocycles. The average molecular weight is 250 g/mol. The van der Waals surface area contributed by atoms with Crippen LogP contribution in [-0.2, 0) is 0 Å². The molecule has 1 aromatic carbocycles. The van der Waals surface area contributed by atoms with Crippen LogP contribution in [0.15, 0.2) is 23.1 Å². The summed E-state index contributed by atoms with van der Waals surface area (Å²) in [6.07, 6.45) is 0.0538. The number of rotatable bonds is 2. The van der Waals surface area contributed by atoms with Gasteiger partial charge in [0.25, 0.3) is 0 Å². The third-order valence-electron chi connectivity index (χ3n) is 1.51. The van der Waals surface area contributed by atoms with Gasteiger partial charge in [0.2, 0.25) is 0 Å². The van der Waals surface area contributed by atoms with Crippen LogP contribution in [0.1, 0.15) is 10.4 Å². The van der Waals surface area contributed by atoms with Crippen molar-refractivity contribution in [1.82, 2.24) is 0 Å². The Bertz CT molecular complexity index is 422. The number of benzene rings is 1. The van der Waals surface area contributed by atoms with Crippen LogP contribution in [0.2, 0.25) is 0 Å². The van der Waals surface area contributed by atoms with Crippen LogP contribution in [-0.4, -0.2) is 6.29 Å². The van der Waals surface area contributed by atoms with E-state index in [0.29, 0.717) is 6.07 Å². The van der Waals surface area contributed by atoms with E-state index in [1.165, 1.54) is 0 Å². The Balaban J connectivity index is 3.50. The lowest BCUT2D eigenvalue weighted by Gasteiger charge is -2.40. The van der Waals surface area contributed by atoms with Crippen molar-refractivity contribution < 1.29 is 28.6 Å². The second-order valence-corrected chi connectivity index (χ2v) is 5.15. The number of carbonyl (C=O) groups is 1. The molecule has 1 nitrogen and oxygen atoms in total. The molecule has 0 aromatic heterocycles. The van der Waals surface area contributed by atoms with Crippen LogP contribution >= 0.6 is 10.2 Å². The third-order valence-corrected chi connectivity index (χ3v) is 2.67. The average Bonchev–Trinajstić information content (AvgIpc) is 1.99. The fourth-order valence-electron chi connectivity index (χ4n) is 0.903. The zero-order valence-corrected chi connectivity index (χ0v) is 7.71. The Morgan fingerprint density at radius 1 is 1.07 bits per heavy atom. The lowest BCUT2D eigenvalue weighted by atomic mass is 10.2. The predicted octanol–water partition coefficient (Wildman–Crippen LogP) is 4.30. The standard InChI is InChI=1S/C7H4F6OS/c8-6-3-5(4-14)1-2-7(6)15(9,10,11,12)13/h1-4H. The third kappa shape index (κ3) is 2.65. The normalized spacial score (nSPS) is 16.7. The molecule has 0 aliphatic carbocycles. The van der Waals surface area contributed by atoms with E-state index < -0.39 is 26.5 Å². The highest BCUT2D eigenvalue weighted by atomic mass is 32.5. The minimum absolute atomic E-state index is 0.0538. The molecule has 8 heteroatoms. The summed E-state index contributed by atoms with van der Waals surface area (Å²) in [5.41, 5.74) is -0.446. The summed E-state index contributed by atoms with van der Waals surface area (Å²) in [5, 5.41) is 0. The molecule has 0 unspecified atom stereocenters. The van der Waals surface area contributed by atoms with E-state index in [1.54, 1.807) is 0 Å². The summed E-state index contributed by atoms with van der Waals surface area (Å²) in [7, 11) is -10.0. The van der Waals surface area contributed by atoms with E-state index in [1.807, 2.05) is 0 Å². The zero-order valence-electron chi connectivity index (χ0n) is 6.89. The summed E-state index contributed by atoms with van der Waals surface area (Å²) in [6, 6.07) is 0.449. The van der Waals surface area contributed by atoms with E-state index in [-0.39, 0.29) is 18.4 Å². The Morgan fingerprint density at radius 3 is 1.93 bits per heavy atom. The van der Waals surface area contributed by atoms with Gasteiger partial charge in [-0.15, -0.1) is 0 Å². The molecular formula is C7H4F6OS. The molecule has 0 radical (unpaired) electrons. The number of hydrogen-bond donors (Lipinski definition) is 0. The molecule has 15 heavy (non-hydrogen) atoms. The number of aldehydes is 1. The zero-order chi connectivity index (χ0) is 12.0. The van der Waals surface area contributed by atoms with E-state index in [2.05, 4.69) is 0 Å². The first kappa shape index (κ1) is 11.9. The molecule has 1 aromatic rings. The van der Waals surface area contributed by atoms with Gasteiger partial charge in [0.15, 0.2) is 0 Å². The van der Waals surface area contributed by atoms with Gasteiger partial charge in [0.05, 0.1) is 0 Å². The summed E-state index contributed by atoms with van der Waals surface area (Å²) in [6.45, 7) is 0. The maximum Gasteiger partial charge on any atom is 0.313 e. The lowest BCUT2D eigenvalue weighted by Crippen LogP contribution is -2.08. The Kier molecular flexibility index (Phi) is 1.97. The Hall–Kier alpha value is -1.18. The van der Waals surface area contributed by atoms with E-state index >= 15 is 0 Å². The summed E-state index contributed by atoms with van der Waals surface area (Å²) < 4.78 is 73.3. The molecule has 1 rings (SSSR count). The highest BCUT2D eigenvalue weighted by Crippen LogP contribution is 3.02. The molecule has 0 aliphatic rings. The first-order valence-corrected chi connectivity index (χ1v) is 5.38. The van der Waals surface area contributed by atoms with E-state index in [4.69, 9.17) is 0 Å². The molecule has 0 saturated heterocycles. The van der Waals surface area contributed by atoms with Crippen molar-refractivity contribution in [3.63, 3.8) is 0 Å². The van der Waals surface area contributed by atoms with Crippen molar-refractivity contribution in [3.05, 3.63) is 29.6 Å². The number of hydrogen-bond acceptors (Lipinski definition) is 1. The van der Waals surface area contributed by atoms with Crippen molar-refractivity contribution in [3.8, 4) is 0 Å². The van der Waals surface area contributed by atoms with Crippen molar-refractivity contribution in [2.45, 2.75) is 4.90 Å². The van der Waals surface area contributed by atoms with Gasteiger partial charge in [-0.1, -0.05) is 25.5 Å². The molecule has 0 spiro atoms. The van der Waals surface area contributed by atoms with E-state index in [9.17, 15) is 28.6 Å². The molecule has 0 N–H and O–H groups in total. The molecule has 0 atom stereocenters. The summed E-state index contributed by atoms with van der Waals surface area (Å²) >= 11 is 0. The first-order valence-electron chi connectivity index (χ1n) is 3.43. The van der Waals surface area contributed by atoms with Gasteiger partial charge >= 0.3 is 10.2 Å². The lowest BCUT2D eigenvalue weighted by molar-refractivity contribution is 0.112. The van der Waals surface area contributed by atoms with Crippen LogP contribution in [0.25, 0.3) is 0 Å². The predicted molar refractivity (Wildman–Crippen MR) is 43.2 cm³/mol. The molecular weight excluding hydrogens is 246 g/mol. The minimum atomic E-state index is -10.0. The highest BCUT2D eigenvalue weighted by molar-refractivity contribution is 8.45. The fraction of sp³-hybridized carbons (Fsp3) is 0. The van der Waals surface area contributed by atoms with Crippen molar-refractivity contribution in [2.24, 2.45) is 0 Å². The minimum Gasteiger partial charge on any atom is -0.298 e. The monoisotopic (exact) mass is 250 g/mol. The maximum atomic E-state index is 12.7. The second kappa shape index (κ2) is 2.49. The van der Waals surface area contributed by atoms with Gasteiger partial charge in [-0.2, -0.15) is 0 Å². The molecule has 0 fully saturated rings. The van der Waals surface area contributed by atoms with Crippen molar-refractivity contribution in [1.29, 1.82) is 0 Å². The van der Waals surface area contributed by atoms with Gasteiger partial charge in [-0.25, -0.2) is 4.39 Å². The SMILES string of the molecule is O=Cc1ccc(S(F)(F)(F)(F)F)c(F)c1. The number of halogens is 6. The Labute approximate surface area is 80.4 Å². The summed E-state index contributed by atoms with van der Waals surface area (Å²) in [4.78, 5) is 7.44. The smallest absolute Gasteiger partial charge is 0.298 e. The van der Waals surface area contributed by atoms with Gasteiger partial charge in [-0.05, 0) is 12.1 Å². The van der Waals surface area contributed by atoms with Crippen LogP contribution in [0, 0.1) is 5.82 Å². The summed E-state index contributed by atoms with van der Waals surface area (Å²) in [5.74, 6) is -2.15. The maximum absolute atomic E-state index is 12.7. The highest BCUT2D eigenvalue weighted by Gasteiger charge is 2.67. The molecule has 0 aliphatic heterocycles. The quantitative estimate of drug-likeness (QED) is 0.565. The largest absolute Gasteiger partial charge is 0.313 e. The van der Waals surface area contributed by atoms with Crippen LogP contribution in [0.3, 0.4) is 0 Å². The molecule has 0 amide bonds. The van der Waals surface area contributed by atoms with Gasteiger partial charge < -0.3 is 0 Å². The molecule has 0 heterocycles. The van der Waals surface area contributed by atoms with Crippen LogP contribution < -0.4 is 0 Å².